The lowest BCUT2D eigenvalue weighted by atomic mass is 10.2. The summed E-state index contributed by atoms with van der Waals surface area (Å²) in [7, 11) is 0. The number of rotatable bonds is 5. The fourth-order valence-corrected chi connectivity index (χ4v) is 3.18. The number of para-hydroxylation sites is 2. The minimum atomic E-state index is -0.473. The number of hydrogen-bond acceptors (Lipinski definition) is 5. The quantitative estimate of drug-likeness (QED) is 0.845. The number of ether oxygens (including phenoxy) is 1. The summed E-state index contributed by atoms with van der Waals surface area (Å²) in [6.45, 7) is 10.1. The van der Waals surface area contributed by atoms with Crippen molar-refractivity contribution in [3.63, 3.8) is 0 Å². The standard InChI is InChI=1S/C20H29N5O3/c1-20(2,3)28-19(27)24-12-10-23(11-13-24)9-8-21-18(26)14-25-15-22-16-6-4-5-7-17(16)25/h4-7,15H,8-14H2,1-3H3,(H,21,26). The van der Waals surface area contributed by atoms with Crippen LogP contribution < -0.4 is 5.32 Å². The van der Waals surface area contributed by atoms with E-state index in [0.717, 1.165) is 30.7 Å². The van der Waals surface area contributed by atoms with E-state index in [1.54, 1.807) is 11.2 Å². The van der Waals surface area contributed by atoms with Crippen LogP contribution in [0.25, 0.3) is 11.0 Å². The van der Waals surface area contributed by atoms with Crippen LogP contribution in [0.1, 0.15) is 20.8 Å². The predicted octanol–water partition coefficient (Wildman–Crippen LogP) is 1.71. The fraction of sp³-hybridized carbons (Fsp3) is 0.550. The average Bonchev–Trinajstić information content (AvgIpc) is 3.04. The highest BCUT2D eigenvalue weighted by molar-refractivity contribution is 5.80. The van der Waals surface area contributed by atoms with Gasteiger partial charge in [0.15, 0.2) is 0 Å². The molecule has 1 fully saturated rings. The summed E-state index contributed by atoms with van der Waals surface area (Å²) in [4.78, 5) is 32.6. The van der Waals surface area contributed by atoms with Crippen molar-refractivity contribution >= 4 is 23.0 Å². The van der Waals surface area contributed by atoms with Gasteiger partial charge in [-0.3, -0.25) is 9.69 Å². The first-order valence-electron chi connectivity index (χ1n) is 9.69. The highest BCUT2D eigenvalue weighted by atomic mass is 16.6. The Hall–Kier alpha value is -2.61. The van der Waals surface area contributed by atoms with Crippen LogP contribution in [0.5, 0.6) is 0 Å². The molecule has 0 bridgehead atoms. The molecule has 0 radical (unpaired) electrons. The van der Waals surface area contributed by atoms with E-state index in [9.17, 15) is 9.59 Å². The van der Waals surface area contributed by atoms with Gasteiger partial charge in [-0.1, -0.05) is 12.1 Å². The van der Waals surface area contributed by atoms with Gasteiger partial charge in [-0.25, -0.2) is 9.78 Å². The van der Waals surface area contributed by atoms with E-state index < -0.39 is 5.60 Å². The first kappa shape index (κ1) is 20.1. The highest BCUT2D eigenvalue weighted by Crippen LogP contribution is 2.12. The Bertz CT molecular complexity index is 819. The Morgan fingerprint density at radius 1 is 1.14 bits per heavy atom. The van der Waals surface area contributed by atoms with E-state index in [2.05, 4.69) is 15.2 Å². The van der Waals surface area contributed by atoms with E-state index in [0.29, 0.717) is 19.6 Å². The molecule has 0 spiro atoms. The molecule has 152 valence electrons. The van der Waals surface area contributed by atoms with Gasteiger partial charge >= 0.3 is 6.09 Å². The van der Waals surface area contributed by atoms with Crippen molar-refractivity contribution in [3.05, 3.63) is 30.6 Å². The van der Waals surface area contributed by atoms with Gasteiger partial charge in [-0.15, -0.1) is 0 Å². The molecule has 1 aromatic carbocycles. The number of amides is 2. The molecule has 1 aliphatic rings. The van der Waals surface area contributed by atoms with Gasteiger partial charge in [-0.2, -0.15) is 0 Å². The van der Waals surface area contributed by atoms with Crippen LogP contribution in [0.2, 0.25) is 0 Å². The van der Waals surface area contributed by atoms with Crippen molar-refractivity contribution in [1.29, 1.82) is 0 Å². The van der Waals surface area contributed by atoms with E-state index in [1.807, 2.05) is 49.6 Å². The SMILES string of the molecule is CC(C)(C)OC(=O)N1CCN(CCNC(=O)Cn2cnc3ccccc32)CC1. The van der Waals surface area contributed by atoms with Crippen molar-refractivity contribution < 1.29 is 14.3 Å². The van der Waals surface area contributed by atoms with Crippen molar-refractivity contribution in [2.75, 3.05) is 39.3 Å². The summed E-state index contributed by atoms with van der Waals surface area (Å²) in [5.74, 6) is -0.0319. The number of nitrogens with zero attached hydrogens (tertiary/aromatic N) is 4. The Morgan fingerprint density at radius 2 is 1.86 bits per heavy atom. The van der Waals surface area contributed by atoms with E-state index >= 15 is 0 Å². The van der Waals surface area contributed by atoms with Crippen LogP contribution in [-0.2, 0) is 16.1 Å². The summed E-state index contributed by atoms with van der Waals surface area (Å²) in [6, 6.07) is 7.76. The zero-order chi connectivity index (χ0) is 20.1. The van der Waals surface area contributed by atoms with Gasteiger partial charge in [0.25, 0.3) is 0 Å². The molecular formula is C20H29N5O3. The van der Waals surface area contributed by atoms with Crippen LogP contribution in [0.4, 0.5) is 4.79 Å². The lowest BCUT2D eigenvalue weighted by molar-refractivity contribution is -0.121. The Balaban J connectivity index is 1.37. The first-order valence-corrected chi connectivity index (χ1v) is 9.69. The zero-order valence-corrected chi connectivity index (χ0v) is 16.9. The van der Waals surface area contributed by atoms with Crippen LogP contribution in [0.15, 0.2) is 30.6 Å². The van der Waals surface area contributed by atoms with Crippen LogP contribution in [0, 0.1) is 0 Å². The number of benzene rings is 1. The maximum absolute atomic E-state index is 12.2. The fourth-order valence-electron chi connectivity index (χ4n) is 3.18. The third-order valence-electron chi connectivity index (χ3n) is 4.62. The van der Waals surface area contributed by atoms with E-state index in [1.165, 1.54) is 0 Å². The van der Waals surface area contributed by atoms with Gasteiger partial charge in [0, 0.05) is 39.3 Å². The molecule has 0 aliphatic carbocycles. The molecule has 8 nitrogen and oxygen atoms in total. The van der Waals surface area contributed by atoms with Crippen molar-refractivity contribution in [2.45, 2.75) is 32.9 Å². The molecule has 0 saturated carbocycles. The molecule has 2 aromatic rings. The van der Waals surface area contributed by atoms with E-state index in [-0.39, 0.29) is 18.5 Å². The molecule has 1 aromatic heterocycles. The second-order valence-corrected chi connectivity index (χ2v) is 8.02. The molecule has 8 heteroatoms. The number of imidazole rings is 1. The summed E-state index contributed by atoms with van der Waals surface area (Å²) >= 11 is 0. The highest BCUT2D eigenvalue weighted by Gasteiger charge is 2.25. The molecule has 1 saturated heterocycles. The topological polar surface area (TPSA) is 79.7 Å². The monoisotopic (exact) mass is 387 g/mol. The summed E-state index contributed by atoms with van der Waals surface area (Å²) in [6.07, 6.45) is 1.44. The number of fused-ring (bicyclic) bond motifs is 1. The van der Waals surface area contributed by atoms with Crippen molar-refractivity contribution in [1.82, 2.24) is 24.7 Å². The smallest absolute Gasteiger partial charge is 0.410 e. The first-order chi connectivity index (χ1) is 13.3. The maximum atomic E-state index is 12.2. The Kier molecular flexibility index (Phi) is 6.18. The Labute approximate surface area is 165 Å². The summed E-state index contributed by atoms with van der Waals surface area (Å²) in [5, 5.41) is 2.96. The van der Waals surface area contributed by atoms with Gasteiger partial charge < -0.3 is 19.5 Å². The number of carbonyl (C=O) groups is 2. The lowest BCUT2D eigenvalue weighted by Gasteiger charge is -2.35. The number of hydrogen-bond donors (Lipinski definition) is 1. The molecule has 0 unspecified atom stereocenters. The predicted molar refractivity (Wildman–Crippen MR) is 107 cm³/mol. The largest absolute Gasteiger partial charge is 0.444 e. The molecule has 1 N–H and O–H groups in total. The van der Waals surface area contributed by atoms with Crippen LogP contribution >= 0.6 is 0 Å². The van der Waals surface area contributed by atoms with Crippen LogP contribution in [-0.4, -0.2) is 76.2 Å². The summed E-state index contributed by atoms with van der Waals surface area (Å²) in [5.41, 5.74) is 1.37. The second kappa shape index (κ2) is 8.60. The second-order valence-electron chi connectivity index (χ2n) is 8.02. The molecule has 2 amide bonds. The van der Waals surface area contributed by atoms with Crippen molar-refractivity contribution in [2.24, 2.45) is 0 Å². The van der Waals surface area contributed by atoms with Crippen molar-refractivity contribution in [3.8, 4) is 0 Å². The van der Waals surface area contributed by atoms with E-state index in [4.69, 9.17) is 4.74 Å². The number of aromatic nitrogens is 2. The summed E-state index contributed by atoms with van der Waals surface area (Å²) < 4.78 is 7.26. The molecule has 3 rings (SSSR count). The number of piperazine rings is 1. The number of nitrogens with one attached hydrogen (secondary N) is 1. The normalized spacial score (nSPS) is 15.6. The molecular weight excluding hydrogens is 358 g/mol. The minimum absolute atomic E-state index is 0.0319. The molecule has 28 heavy (non-hydrogen) atoms. The molecule has 0 atom stereocenters. The molecule has 2 heterocycles. The lowest BCUT2D eigenvalue weighted by Crippen LogP contribution is -2.51. The minimum Gasteiger partial charge on any atom is -0.444 e. The van der Waals surface area contributed by atoms with Crippen LogP contribution in [0.3, 0.4) is 0 Å². The maximum Gasteiger partial charge on any atom is 0.410 e. The van der Waals surface area contributed by atoms with Gasteiger partial charge in [0.2, 0.25) is 5.91 Å². The molecule has 1 aliphatic heterocycles. The number of carbonyl (C=O) groups excluding carboxylic acids is 2. The van der Waals surface area contributed by atoms with Gasteiger partial charge in [-0.05, 0) is 32.9 Å². The third-order valence-corrected chi connectivity index (χ3v) is 4.62. The Morgan fingerprint density at radius 3 is 2.57 bits per heavy atom. The zero-order valence-electron chi connectivity index (χ0n) is 16.9. The van der Waals surface area contributed by atoms with Gasteiger partial charge in [0.05, 0.1) is 17.4 Å². The third kappa shape index (κ3) is 5.45. The average molecular weight is 387 g/mol. The van der Waals surface area contributed by atoms with Gasteiger partial charge in [0.1, 0.15) is 12.1 Å².